The molecular weight excluding hydrogens is 229 g/mol. The Morgan fingerprint density at radius 2 is 1.76 bits per heavy atom. The predicted molar refractivity (Wildman–Crippen MR) is 65.1 cm³/mol. The van der Waals surface area contributed by atoms with Gasteiger partial charge < -0.3 is 10.2 Å². The third kappa shape index (κ3) is 10.6. The topological polar surface area (TPSA) is 15.3 Å². The van der Waals surface area contributed by atoms with Crippen molar-refractivity contribution in [2.75, 3.05) is 26.7 Å². The molecule has 1 N–H and O–H groups in total. The third-order valence-electron chi connectivity index (χ3n) is 2.84. The summed E-state index contributed by atoms with van der Waals surface area (Å²) < 4.78 is 36.1. The zero-order chi connectivity index (χ0) is 13.5. The Bertz CT molecular complexity index is 193. The maximum atomic E-state index is 12.0. The molecule has 2 nitrogen and oxygen atoms in total. The Hall–Kier alpha value is -0.290. The predicted octanol–water partition coefficient (Wildman–Crippen LogP) is 2.89. The van der Waals surface area contributed by atoms with Gasteiger partial charge >= 0.3 is 6.18 Å². The molecule has 0 aromatic heterocycles. The van der Waals surface area contributed by atoms with E-state index >= 15 is 0 Å². The van der Waals surface area contributed by atoms with E-state index < -0.39 is 12.6 Å². The molecule has 0 amide bonds. The lowest BCUT2D eigenvalue weighted by molar-refractivity contribution is -0.138. The quantitative estimate of drug-likeness (QED) is 0.670. The van der Waals surface area contributed by atoms with Crippen LogP contribution in [0.25, 0.3) is 0 Å². The van der Waals surface area contributed by atoms with Gasteiger partial charge in [-0.2, -0.15) is 13.2 Å². The summed E-state index contributed by atoms with van der Waals surface area (Å²) in [7, 11) is 1.74. The van der Waals surface area contributed by atoms with E-state index in [2.05, 4.69) is 19.2 Å². The average molecular weight is 254 g/mol. The standard InChI is InChI=1S/C12H25F3N2/c1-10(2)5-7-16-9-11(3)17(4)8-6-12(13,14)15/h10-11,16H,5-9H2,1-4H3. The first-order valence-corrected chi connectivity index (χ1v) is 6.20. The van der Waals surface area contributed by atoms with Crippen LogP contribution >= 0.6 is 0 Å². The van der Waals surface area contributed by atoms with Crippen molar-refractivity contribution in [3.8, 4) is 0 Å². The SMILES string of the molecule is CC(C)CCNCC(C)N(C)CCC(F)(F)F. The van der Waals surface area contributed by atoms with Gasteiger partial charge in [0.1, 0.15) is 0 Å². The minimum atomic E-state index is -4.06. The van der Waals surface area contributed by atoms with Crippen molar-refractivity contribution in [2.24, 2.45) is 5.92 Å². The van der Waals surface area contributed by atoms with Crippen LogP contribution in [0.15, 0.2) is 0 Å². The molecule has 0 aliphatic carbocycles. The van der Waals surface area contributed by atoms with E-state index in [0.717, 1.165) is 19.5 Å². The largest absolute Gasteiger partial charge is 0.390 e. The highest BCUT2D eigenvalue weighted by molar-refractivity contribution is 4.68. The molecule has 0 spiro atoms. The van der Waals surface area contributed by atoms with Crippen LogP contribution in [-0.2, 0) is 0 Å². The molecule has 104 valence electrons. The fourth-order valence-electron chi connectivity index (χ4n) is 1.38. The smallest absolute Gasteiger partial charge is 0.315 e. The van der Waals surface area contributed by atoms with Crippen LogP contribution in [0.3, 0.4) is 0 Å². The first-order chi connectivity index (χ1) is 7.72. The number of alkyl halides is 3. The van der Waals surface area contributed by atoms with Crippen molar-refractivity contribution < 1.29 is 13.2 Å². The molecule has 0 aliphatic rings. The van der Waals surface area contributed by atoms with Crippen molar-refractivity contribution in [1.82, 2.24) is 10.2 Å². The molecule has 1 unspecified atom stereocenters. The second kappa shape index (κ2) is 7.93. The van der Waals surface area contributed by atoms with Crippen LogP contribution in [0.1, 0.15) is 33.6 Å². The minimum absolute atomic E-state index is 0.0660. The van der Waals surface area contributed by atoms with Gasteiger partial charge in [-0.1, -0.05) is 13.8 Å². The highest BCUT2D eigenvalue weighted by Gasteiger charge is 2.27. The van der Waals surface area contributed by atoms with Gasteiger partial charge in [0.05, 0.1) is 6.42 Å². The van der Waals surface area contributed by atoms with Gasteiger partial charge in [0.2, 0.25) is 0 Å². The minimum Gasteiger partial charge on any atom is -0.315 e. The highest BCUT2D eigenvalue weighted by Crippen LogP contribution is 2.19. The Morgan fingerprint density at radius 3 is 2.24 bits per heavy atom. The van der Waals surface area contributed by atoms with Crippen molar-refractivity contribution >= 4 is 0 Å². The fraction of sp³-hybridized carbons (Fsp3) is 1.00. The molecule has 0 fully saturated rings. The molecule has 1 atom stereocenters. The van der Waals surface area contributed by atoms with E-state index in [-0.39, 0.29) is 12.6 Å². The lowest BCUT2D eigenvalue weighted by atomic mass is 10.1. The van der Waals surface area contributed by atoms with Gasteiger partial charge in [-0.05, 0) is 32.9 Å². The Kier molecular flexibility index (Phi) is 7.79. The molecule has 0 heterocycles. The van der Waals surface area contributed by atoms with Crippen LogP contribution in [0.4, 0.5) is 13.2 Å². The van der Waals surface area contributed by atoms with Crippen LogP contribution in [-0.4, -0.2) is 43.8 Å². The maximum absolute atomic E-state index is 12.0. The summed E-state index contributed by atoms with van der Waals surface area (Å²) in [6.45, 7) is 7.98. The average Bonchev–Trinajstić information content (AvgIpc) is 2.19. The Balaban J connectivity index is 3.64. The van der Waals surface area contributed by atoms with E-state index in [9.17, 15) is 13.2 Å². The lowest BCUT2D eigenvalue weighted by Crippen LogP contribution is -2.39. The summed E-state index contributed by atoms with van der Waals surface area (Å²) >= 11 is 0. The van der Waals surface area contributed by atoms with E-state index in [1.807, 2.05) is 6.92 Å². The number of rotatable bonds is 8. The van der Waals surface area contributed by atoms with Crippen LogP contribution < -0.4 is 5.32 Å². The van der Waals surface area contributed by atoms with Gasteiger partial charge in [0.15, 0.2) is 0 Å². The van der Waals surface area contributed by atoms with Crippen LogP contribution in [0.5, 0.6) is 0 Å². The normalized spacial score (nSPS) is 14.6. The summed E-state index contributed by atoms with van der Waals surface area (Å²) in [6.07, 6.45) is -3.70. The molecule has 5 heteroatoms. The molecule has 0 saturated carbocycles. The Morgan fingerprint density at radius 1 is 1.18 bits per heavy atom. The molecule has 0 bridgehead atoms. The van der Waals surface area contributed by atoms with Crippen LogP contribution in [0, 0.1) is 5.92 Å². The number of nitrogens with zero attached hydrogens (tertiary/aromatic N) is 1. The monoisotopic (exact) mass is 254 g/mol. The molecule has 0 aromatic rings. The number of hydrogen-bond acceptors (Lipinski definition) is 2. The summed E-state index contributed by atoms with van der Waals surface area (Å²) in [4.78, 5) is 1.75. The lowest BCUT2D eigenvalue weighted by Gasteiger charge is -2.25. The molecule has 0 radical (unpaired) electrons. The zero-order valence-corrected chi connectivity index (χ0v) is 11.3. The van der Waals surface area contributed by atoms with Crippen molar-refractivity contribution in [3.05, 3.63) is 0 Å². The molecular formula is C12H25F3N2. The van der Waals surface area contributed by atoms with Crippen molar-refractivity contribution in [2.45, 2.75) is 45.8 Å². The Labute approximate surface area is 103 Å². The van der Waals surface area contributed by atoms with Gasteiger partial charge in [0, 0.05) is 19.1 Å². The third-order valence-corrected chi connectivity index (χ3v) is 2.84. The number of nitrogens with one attached hydrogen (secondary N) is 1. The van der Waals surface area contributed by atoms with Gasteiger partial charge in [-0.25, -0.2) is 0 Å². The first-order valence-electron chi connectivity index (χ1n) is 6.20. The van der Waals surface area contributed by atoms with E-state index in [4.69, 9.17) is 0 Å². The summed E-state index contributed by atoms with van der Waals surface area (Å²) in [6, 6.07) is 0.129. The number of likely N-dealkylation sites (N-methyl/N-ethyl adjacent to an activating group) is 1. The molecule has 17 heavy (non-hydrogen) atoms. The molecule has 0 rings (SSSR count). The van der Waals surface area contributed by atoms with Crippen molar-refractivity contribution in [3.63, 3.8) is 0 Å². The second-order valence-electron chi connectivity index (χ2n) is 5.08. The summed E-state index contributed by atoms with van der Waals surface area (Å²) in [5, 5.41) is 3.27. The fourth-order valence-corrected chi connectivity index (χ4v) is 1.38. The van der Waals surface area contributed by atoms with Crippen LogP contribution in [0.2, 0.25) is 0 Å². The number of hydrogen-bond donors (Lipinski definition) is 1. The van der Waals surface area contributed by atoms with Gasteiger partial charge in [-0.3, -0.25) is 0 Å². The van der Waals surface area contributed by atoms with Gasteiger partial charge in [-0.15, -0.1) is 0 Å². The molecule has 0 aromatic carbocycles. The summed E-state index contributed by atoms with van der Waals surface area (Å²) in [5.41, 5.74) is 0. The summed E-state index contributed by atoms with van der Waals surface area (Å²) in [5.74, 6) is 0.653. The molecule has 0 aliphatic heterocycles. The number of halogens is 3. The van der Waals surface area contributed by atoms with E-state index in [1.165, 1.54) is 0 Å². The maximum Gasteiger partial charge on any atom is 0.390 e. The highest BCUT2D eigenvalue weighted by atomic mass is 19.4. The van der Waals surface area contributed by atoms with Crippen molar-refractivity contribution in [1.29, 1.82) is 0 Å². The van der Waals surface area contributed by atoms with E-state index in [1.54, 1.807) is 11.9 Å². The van der Waals surface area contributed by atoms with E-state index in [0.29, 0.717) is 5.92 Å². The first kappa shape index (κ1) is 16.7. The second-order valence-corrected chi connectivity index (χ2v) is 5.08. The van der Waals surface area contributed by atoms with Gasteiger partial charge in [0.25, 0.3) is 0 Å². The zero-order valence-electron chi connectivity index (χ0n) is 11.3. The molecule has 0 saturated heterocycles.